The number of morpholine rings is 1. The number of hydrogen-bond acceptors (Lipinski definition) is 5. The van der Waals surface area contributed by atoms with Gasteiger partial charge in [-0.3, -0.25) is 9.88 Å². The Bertz CT molecular complexity index is 777. The summed E-state index contributed by atoms with van der Waals surface area (Å²) < 4.78 is 10.8. The number of pyridine rings is 1. The van der Waals surface area contributed by atoms with Gasteiger partial charge in [0.2, 0.25) is 0 Å². The fourth-order valence-electron chi connectivity index (χ4n) is 3.35. The third-order valence-corrected chi connectivity index (χ3v) is 5.01. The normalized spacial score (nSPS) is 16.1. The molecule has 0 spiro atoms. The number of aromatic nitrogens is 1. The number of amides is 2. The Labute approximate surface area is 160 Å². The van der Waals surface area contributed by atoms with Crippen molar-refractivity contribution in [3.63, 3.8) is 0 Å². The van der Waals surface area contributed by atoms with Gasteiger partial charge in [-0.25, -0.2) is 4.79 Å². The van der Waals surface area contributed by atoms with Crippen molar-refractivity contribution in [3.8, 4) is 5.75 Å². The van der Waals surface area contributed by atoms with Gasteiger partial charge in [-0.2, -0.15) is 0 Å². The number of benzene rings is 1. The minimum absolute atomic E-state index is 0.0806. The summed E-state index contributed by atoms with van der Waals surface area (Å²) in [5.74, 6) is 0.737. The maximum atomic E-state index is 12.5. The lowest BCUT2D eigenvalue weighted by Crippen LogP contribution is -2.49. The number of nitrogens with one attached hydrogen (secondary N) is 1. The highest BCUT2D eigenvalue weighted by atomic mass is 16.5. The average Bonchev–Trinajstić information content (AvgIpc) is 2.72. The minimum Gasteiger partial charge on any atom is -0.494 e. The van der Waals surface area contributed by atoms with Gasteiger partial charge >= 0.3 is 6.03 Å². The van der Waals surface area contributed by atoms with Crippen molar-refractivity contribution in [3.05, 3.63) is 36.0 Å². The molecule has 0 radical (unpaired) electrons. The van der Waals surface area contributed by atoms with E-state index in [0.29, 0.717) is 13.1 Å². The molecule has 0 saturated carbocycles. The Hall–Kier alpha value is -2.38. The van der Waals surface area contributed by atoms with Crippen molar-refractivity contribution >= 4 is 16.9 Å². The first-order valence-corrected chi connectivity index (χ1v) is 9.31. The molecule has 7 heteroatoms. The number of nitrogens with zero attached hydrogens (tertiary/aromatic N) is 3. The van der Waals surface area contributed by atoms with Crippen molar-refractivity contribution < 1.29 is 14.3 Å². The number of carbonyl (C=O) groups is 1. The summed E-state index contributed by atoms with van der Waals surface area (Å²) in [7, 11) is 3.44. The first-order valence-electron chi connectivity index (χ1n) is 9.31. The molecule has 2 heterocycles. The Morgan fingerprint density at radius 1 is 1.37 bits per heavy atom. The predicted octanol–water partition coefficient (Wildman–Crippen LogP) is 2.11. The number of ether oxygens (including phenoxy) is 2. The van der Waals surface area contributed by atoms with Crippen LogP contribution in [-0.2, 0) is 11.3 Å². The van der Waals surface area contributed by atoms with E-state index < -0.39 is 0 Å². The van der Waals surface area contributed by atoms with E-state index in [2.05, 4.69) is 22.1 Å². The van der Waals surface area contributed by atoms with Gasteiger partial charge < -0.3 is 19.7 Å². The smallest absolute Gasteiger partial charge is 0.317 e. The number of carbonyl (C=O) groups excluding carboxylic acids is 1. The van der Waals surface area contributed by atoms with E-state index in [4.69, 9.17) is 9.47 Å². The molecular weight excluding hydrogens is 344 g/mol. The van der Waals surface area contributed by atoms with Crippen LogP contribution in [-0.4, -0.2) is 73.9 Å². The highest BCUT2D eigenvalue weighted by Crippen LogP contribution is 2.27. The van der Waals surface area contributed by atoms with Crippen LogP contribution in [0.1, 0.15) is 12.5 Å². The van der Waals surface area contributed by atoms with Crippen LogP contribution in [0, 0.1) is 0 Å². The molecule has 1 saturated heterocycles. The van der Waals surface area contributed by atoms with E-state index in [0.717, 1.165) is 48.5 Å². The van der Waals surface area contributed by atoms with Gasteiger partial charge in [0.1, 0.15) is 11.3 Å². The maximum Gasteiger partial charge on any atom is 0.317 e. The van der Waals surface area contributed by atoms with Crippen molar-refractivity contribution in [2.24, 2.45) is 0 Å². The second-order valence-electron chi connectivity index (χ2n) is 6.87. The molecule has 7 nitrogen and oxygen atoms in total. The molecule has 0 aliphatic carbocycles. The van der Waals surface area contributed by atoms with Gasteiger partial charge in [-0.1, -0.05) is 12.1 Å². The van der Waals surface area contributed by atoms with E-state index in [9.17, 15) is 4.79 Å². The summed E-state index contributed by atoms with van der Waals surface area (Å²) in [6.45, 7) is 6.61. The number of fused-ring (bicyclic) bond motifs is 1. The molecule has 1 atom stereocenters. The molecule has 1 aromatic heterocycles. The van der Waals surface area contributed by atoms with Crippen molar-refractivity contribution in [2.45, 2.75) is 19.5 Å². The van der Waals surface area contributed by atoms with Crippen LogP contribution in [0.5, 0.6) is 5.75 Å². The van der Waals surface area contributed by atoms with Crippen LogP contribution in [0.15, 0.2) is 30.5 Å². The zero-order valence-electron chi connectivity index (χ0n) is 16.3. The SMILES string of the molecule is COc1ccc(CN(C)C(=O)NCC(C)N2CCOCC2)c2cccnc12. The molecule has 1 fully saturated rings. The van der Waals surface area contributed by atoms with Crippen LogP contribution in [0.2, 0.25) is 0 Å². The van der Waals surface area contributed by atoms with E-state index in [1.165, 1.54) is 0 Å². The third-order valence-electron chi connectivity index (χ3n) is 5.01. The lowest BCUT2D eigenvalue weighted by Gasteiger charge is -2.32. The van der Waals surface area contributed by atoms with Crippen LogP contribution in [0.25, 0.3) is 10.9 Å². The number of urea groups is 1. The summed E-state index contributed by atoms with van der Waals surface area (Å²) in [6.07, 6.45) is 1.75. The second kappa shape index (κ2) is 9.01. The van der Waals surface area contributed by atoms with E-state index in [1.807, 2.05) is 24.3 Å². The molecule has 1 N–H and O–H groups in total. The lowest BCUT2D eigenvalue weighted by molar-refractivity contribution is 0.0207. The molecule has 1 aromatic carbocycles. The van der Waals surface area contributed by atoms with Gasteiger partial charge in [0.25, 0.3) is 0 Å². The van der Waals surface area contributed by atoms with Crippen LogP contribution in [0.4, 0.5) is 4.79 Å². The summed E-state index contributed by atoms with van der Waals surface area (Å²) >= 11 is 0. The fourth-order valence-corrected chi connectivity index (χ4v) is 3.35. The Morgan fingerprint density at radius 3 is 2.89 bits per heavy atom. The fraction of sp³-hybridized carbons (Fsp3) is 0.500. The first kappa shape index (κ1) is 19.4. The highest BCUT2D eigenvalue weighted by molar-refractivity contribution is 5.87. The molecule has 2 amide bonds. The largest absolute Gasteiger partial charge is 0.494 e. The maximum absolute atomic E-state index is 12.5. The molecule has 1 aliphatic heterocycles. The Kier molecular flexibility index (Phi) is 6.47. The van der Waals surface area contributed by atoms with Gasteiger partial charge in [-0.15, -0.1) is 0 Å². The zero-order valence-corrected chi connectivity index (χ0v) is 16.3. The molecule has 2 aromatic rings. The van der Waals surface area contributed by atoms with Crippen molar-refractivity contribution in [2.75, 3.05) is 47.0 Å². The number of methoxy groups -OCH3 is 1. The Balaban J connectivity index is 1.60. The minimum atomic E-state index is -0.0806. The zero-order chi connectivity index (χ0) is 19.2. The summed E-state index contributed by atoms with van der Waals surface area (Å²) in [5, 5.41) is 4.03. The molecule has 1 aliphatic rings. The van der Waals surface area contributed by atoms with Crippen LogP contribution < -0.4 is 10.1 Å². The standard InChI is InChI=1S/C20H28N4O3/c1-15(24-9-11-27-12-10-24)13-22-20(25)23(2)14-16-6-7-18(26-3)19-17(16)5-4-8-21-19/h4-8,15H,9-14H2,1-3H3,(H,22,25). The van der Waals surface area contributed by atoms with Gasteiger partial charge in [0.05, 0.1) is 20.3 Å². The quantitative estimate of drug-likeness (QED) is 0.841. The van der Waals surface area contributed by atoms with E-state index in [-0.39, 0.29) is 12.1 Å². The lowest BCUT2D eigenvalue weighted by atomic mass is 10.1. The number of hydrogen-bond donors (Lipinski definition) is 1. The molecular formula is C20H28N4O3. The van der Waals surface area contributed by atoms with Crippen LogP contribution in [0.3, 0.4) is 0 Å². The summed E-state index contributed by atoms with van der Waals surface area (Å²) in [6, 6.07) is 8.00. The molecule has 3 rings (SSSR count). The molecule has 146 valence electrons. The van der Waals surface area contributed by atoms with Gasteiger partial charge in [0.15, 0.2) is 0 Å². The van der Waals surface area contributed by atoms with Gasteiger partial charge in [0, 0.05) is 50.9 Å². The van der Waals surface area contributed by atoms with Crippen LogP contribution >= 0.6 is 0 Å². The van der Waals surface area contributed by atoms with Crippen molar-refractivity contribution in [1.29, 1.82) is 0 Å². The molecule has 0 bridgehead atoms. The molecule has 27 heavy (non-hydrogen) atoms. The first-order chi connectivity index (χ1) is 13.1. The van der Waals surface area contributed by atoms with Crippen molar-refractivity contribution in [1.82, 2.24) is 20.1 Å². The van der Waals surface area contributed by atoms with E-state index >= 15 is 0 Å². The third kappa shape index (κ3) is 4.67. The topological polar surface area (TPSA) is 66.9 Å². The average molecular weight is 372 g/mol. The number of rotatable bonds is 6. The summed E-state index contributed by atoms with van der Waals surface area (Å²) in [4.78, 5) is 21.0. The molecule has 1 unspecified atom stereocenters. The Morgan fingerprint density at radius 2 is 2.15 bits per heavy atom. The summed E-state index contributed by atoms with van der Waals surface area (Å²) in [5.41, 5.74) is 1.85. The second-order valence-corrected chi connectivity index (χ2v) is 6.87. The van der Waals surface area contributed by atoms with E-state index in [1.54, 1.807) is 25.3 Å². The van der Waals surface area contributed by atoms with Gasteiger partial charge in [-0.05, 0) is 24.6 Å². The predicted molar refractivity (Wildman–Crippen MR) is 105 cm³/mol. The monoisotopic (exact) mass is 372 g/mol. The highest BCUT2D eigenvalue weighted by Gasteiger charge is 2.19.